The van der Waals surface area contributed by atoms with E-state index in [0.717, 1.165) is 24.2 Å². The van der Waals surface area contributed by atoms with Crippen molar-refractivity contribution >= 4 is 0 Å². The molecule has 5 heteroatoms. The number of pyridine rings is 1. The minimum atomic E-state index is 0.111. The van der Waals surface area contributed by atoms with Crippen molar-refractivity contribution in [2.24, 2.45) is 0 Å². The number of nitrogens with zero attached hydrogens (tertiary/aromatic N) is 3. The first kappa shape index (κ1) is 12.7. The minimum absolute atomic E-state index is 0.111. The van der Waals surface area contributed by atoms with E-state index in [4.69, 9.17) is 4.42 Å². The van der Waals surface area contributed by atoms with Gasteiger partial charge in [-0.3, -0.25) is 4.98 Å². The SMILES string of the molecule is CCNC(CC)c1nnc(-c2ncccc2C)o1. The summed E-state index contributed by atoms with van der Waals surface area (Å²) in [5.41, 5.74) is 1.78. The average Bonchev–Trinajstić information content (AvgIpc) is 2.85. The quantitative estimate of drug-likeness (QED) is 0.878. The molecular formula is C13H18N4O. The maximum absolute atomic E-state index is 5.71. The number of aryl methyl sites for hydroxylation is 1. The van der Waals surface area contributed by atoms with Gasteiger partial charge in [0.05, 0.1) is 6.04 Å². The summed E-state index contributed by atoms with van der Waals surface area (Å²) in [7, 11) is 0. The fourth-order valence-electron chi connectivity index (χ4n) is 1.83. The first-order valence-corrected chi connectivity index (χ1v) is 6.25. The molecule has 0 amide bonds. The summed E-state index contributed by atoms with van der Waals surface area (Å²) in [6.45, 7) is 7.00. The highest BCUT2D eigenvalue weighted by molar-refractivity contribution is 5.51. The maximum Gasteiger partial charge on any atom is 0.266 e. The predicted molar refractivity (Wildman–Crippen MR) is 69.0 cm³/mol. The molecule has 96 valence electrons. The van der Waals surface area contributed by atoms with Crippen molar-refractivity contribution in [2.45, 2.75) is 33.2 Å². The summed E-state index contributed by atoms with van der Waals surface area (Å²) in [5, 5.41) is 11.5. The van der Waals surface area contributed by atoms with Gasteiger partial charge in [0.15, 0.2) is 0 Å². The highest BCUT2D eigenvalue weighted by atomic mass is 16.4. The van der Waals surface area contributed by atoms with Crippen molar-refractivity contribution in [1.29, 1.82) is 0 Å². The normalized spacial score (nSPS) is 12.6. The molecule has 2 aromatic rings. The van der Waals surface area contributed by atoms with E-state index in [1.807, 2.05) is 19.1 Å². The third-order valence-corrected chi connectivity index (χ3v) is 2.81. The molecule has 0 fully saturated rings. The van der Waals surface area contributed by atoms with Gasteiger partial charge >= 0.3 is 0 Å². The lowest BCUT2D eigenvalue weighted by atomic mass is 10.2. The maximum atomic E-state index is 5.71. The number of rotatable bonds is 5. The molecule has 2 aromatic heterocycles. The number of hydrogen-bond donors (Lipinski definition) is 1. The Morgan fingerprint density at radius 3 is 2.83 bits per heavy atom. The molecule has 1 atom stereocenters. The van der Waals surface area contributed by atoms with Crippen LogP contribution < -0.4 is 5.32 Å². The highest BCUT2D eigenvalue weighted by Crippen LogP contribution is 2.22. The predicted octanol–water partition coefficient (Wildman–Crippen LogP) is 2.50. The molecule has 0 aliphatic rings. The van der Waals surface area contributed by atoms with Crippen LogP contribution in [-0.2, 0) is 0 Å². The molecule has 0 spiro atoms. The second kappa shape index (κ2) is 5.73. The van der Waals surface area contributed by atoms with E-state index >= 15 is 0 Å². The summed E-state index contributed by atoms with van der Waals surface area (Å²) < 4.78 is 5.71. The highest BCUT2D eigenvalue weighted by Gasteiger charge is 2.17. The van der Waals surface area contributed by atoms with Gasteiger partial charge in [-0.1, -0.05) is 19.9 Å². The smallest absolute Gasteiger partial charge is 0.266 e. The van der Waals surface area contributed by atoms with Crippen molar-refractivity contribution in [3.8, 4) is 11.6 Å². The Kier molecular flexibility index (Phi) is 4.04. The van der Waals surface area contributed by atoms with E-state index < -0.39 is 0 Å². The fraction of sp³-hybridized carbons (Fsp3) is 0.462. The zero-order valence-electron chi connectivity index (χ0n) is 11.0. The van der Waals surface area contributed by atoms with E-state index in [1.54, 1.807) is 6.20 Å². The molecule has 18 heavy (non-hydrogen) atoms. The largest absolute Gasteiger partial charge is 0.418 e. The standard InChI is InChI=1S/C13H18N4O/c1-4-10(14-5-2)12-16-17-13(18-12)11-9(3)7-6-8-15-11/h6-8,10,14H,4-5H2,1-3H3. The second-order valence-electron chi connectivity index (χ2n) is 4.13. The number of hydrogen-bond acceptors (Lipinski definition) is 5. The van der Waals surface area contributed by atoms with Gasteiger partial charge in [0.1, 0.15) is 5.69 Å². The molecule has 0 saturated carbocycles. The van der Waals surface area contributed by atoms with Crippen LogP contribution in [0.2, 0.25) is 0 Å². The van der Waals surface area contributed by atoms with Crippen LogP contribution in [0.25, 0.3) is 11.6 Å². The summed E-state index contributed by atoms with van der Waals surface area (Å²) >= 11 is 0. The Bertz CT molecular complexity index is 509. The lowest BCUT2D eigenvalue weighted by molar-refractivity contribution is 0.401. The molecule has 0 aromatic carbocycles. The van der Waals surface area contributed by atoms with Crippen LogP contribution in [0.3, 0.4) is 0 Å². The molecule has 0 bridgehead atoms. The second-order valence-corrected chi connectivity index (χ2v) is 4.13. The van der Waals surface area contributed by atoms with E-state index in [1.165, 1.54) is 0 Å². The first-order valence-electron chi connectivity index (χ1n) is 6.25. The van der Waals surface area contributed by atoms with E-state index in [0.29, 0.717) is 11.8 Å². The van der Waals surface area contributed by atoms with Gasteiger partial charge in [0.25, 0.3) is 5.89 Å². The molecule has 2 heterocycles. The van der Waals surface area contributed by atoms with E-state index in [2.05, 4.69) is 34.3 Å². The van der Waals surface area contributed by atoms with Crippen LogP contribution in [0, 0.1) is 6.92 Å². The Morgan fingerprint density at radius 1 is 1.33 bits per heavy atom. The number of aromatic nitrogens is 3. The van der Waals surface area contributed by atoms with Gasteiger partial charge in [0.2, 0.25) is 5.89 Å². The molecule has 1 N–H and O–H groups in total. The van der Waals surface area contributed by atoms with Crippen molar-refractivity contribution in [1.82, 2.24) is 20.5 Å². The van der Waals surface area contributed by atoms with E-state index in [9.17, 15) is 0 Å². The summed E-state index contributed by atoms with van der Waals surface area (Å²) in [4.78, 5) is 4.28. The van der Waals surface area contributed by atoms with Crippen LogP contribution >= 0.6 is 0 Å². The topological polar surface area (TPSA) is 63.8 Å². The lowest BCUT2D eigenvalue weighted by Gasteiger charge is -2.10. The van der Waals surface area contributed by atoms with Crippen LogP contribution in [-0.4, -0.2) is 21.7 Å². The van der Waals surface area contributed by atoms with Gasteiger partial charge in [-0.05, 0) is 31.5 Å². The molecule has 0 aliphatic heterocycles. The van der Waals surface area contributed by atoms with Gasteiger partial charge in [-0.25, -0.2) is 0 Å². The molecular weight excluding hydrogens is 228 g/mol. The third kappa shape index (κ3) is 2.56. The molecule has 2 rings (SSSR count). The molecule has 0 radical (unpaired) electrons. The molecule has 1 unspecified atom stereocenters. The summed E-state index contributed by atoms with van der Waals surface area (Å²) in [6, 6.07) is 3.98. The van der Waals surface area contributed by atoms with Crippen molar-refractivity contribution in [2.75, 3.05) is 6.54 Å². The van der Waals surface area contributed by atoms with Crippen LogP contribution in [0.15, 0.2) is 22.7 Å². The lowest BCUT2D eigenvalue weighted by Crippen LogP contribution is -2.20. The zero-order valence-corrected chi connectivity index (χ0v) is 11.0. The summed E-state index contributed by atoms with van der Waals surface area (Å²) in [5.74, 6) is 1.11. The first-order chi connectivity index (χ1) is 8.76. The minimum Gasteiger partial charge on any atom is -0.418 e. The molecule has 0 aliphatic carbocycles. The third-order valence-electron chi connectivity index (χ3n) is 2.81. The Balaban J connectivity index is 2.28. The Morgan fingerprint density at radius 2 is 2.17 bits per heavy atom. The molecule has 0 saturated heterocycles. The van der Waals surface area contributed by atoms with Crippen molar-refractivity contribution < 1.29 is 4.42 Å². The van der Waals surface area contributed by atoms with Gasteiger partial charge in [-0.2, -0.15) is 0 Å². The number of nitrogens with one attached hydrogen (secondary N) is 1. The van der Waals surface area contributed by atoms with Crippen LogP contribution in [0.4, 0.5) is 0 Å². The van der Waals surface area contributed by atoms with Crippen LogP contribution in [0.1, 0.15) is 37.8 Å². The zero-order chi connectivity index (χ0) is 13.0. The van der Waals surface area contributed by atoms with Gasteiger partial charge in [0, 0.05) is 6.20 Å². The van der Waals surface area contributed by atoms with Crippen molar-refractivity contribution in [3.05, 3.63) is 29.8 Å². The molecule has 5 nitrogen and oxygen atoms in total. The Labute approximate surface area is 107 Å². The van der Waals surface area contributed by atoms with Gasteiger partial charge < -0.3 is 9.73 Å². The van der Waals surface area contributed by atoms with E-state index in [-0.39, 0.29) is 6.04 Å². The summed E-state index contributed by atoms with van der Waals surface area (Å²) in [6.07, 6.45) is 2.64. The van der Waals surface area contributed by atoms with Crippen molar-refractivity contribution in [3.63, 3.8) is 0 Å². The monoisotopic (exact) mass is 246 g/mol. The average molecular weight is 246 g/mol. The fourth-order valence-corrected chi connectivity index (χ4v) is 1.83. The van der Waals surface area contributed by atoms with Gasteiger partial charge in [-0.15, -0.1) is 10.2 Å². The Hall–Kier alpha value is -1.75. The van der Waals surface area contributed by atoms with Crippen LogP contribution in [0.5, 0.6) is 0 Å².